The highest BCUT2D eigenvalue weighted by molar-refractivity contribution is 9.10. The molecule has 0 amide bonds. The highest BCUT2D eigenvalue weighted by Crippen LogP contribution is 2.19. The van der Waals surface area contributed by atoms with Crippen molar-refractivity contribution in [2.45, 2.75) is 19.4 Å². The Balaban J connectivity index is 0.00000169. The van der Waals surface area contributed by atoms with Gasteiger partial charge >= 0.3 is 0 Å². The second kappa shape index (κ2) is 6.40. The Morgan fingerprint density at radius 1 is 1.50 bits per heavy atom. The summed E-state index contributed by atoms with van der Waals surface area (Å²) in [4.78, 5) is 0. The molecule has 1 unspecified atom stereocenters. The summed E-state index contributed by atoms with van der Waals surface area (Å²) >= 11 is 3.47. The summed E-state index contributed by atoms with van der Waals surface area (Å²) in [7, 11) is 0. The predicted molar refractivity (Wildman–Crippen MR) is 64.9 cm³/mol. The average molecular weight is 281 g/mol. The Labute approximate surface area is 99.0 Å². The lowest BCUT2D eigenvalue weighted by Crippen LogP contribution is -2.26. The Hall–Kier alpha value is -0.0900. The van der Waals surface area contributed by atoms with Crippen LogP contribution in [0.2, 0.25) is 0 Å². The van der Waals surface area contributed by atoms with Crippen LogP contribution in [0.3, 0.4) is 0 Å². The predicted octanol–water partition coefficient (Wildman–Crippen LogP) is 2.04. The van der Waals surface area contributed by atoms with Gasteiger partial charge < -0.3 is 10.8 Å². The molecule has 0 saturated heterocycles. The first-order valence-electron chi connectivity index (χ1n) is 4.25. The summed E-state index contributed by atoms with van der Waals surface area (Å²) in [5.41, 5.74) is 8.00. The lowest BCUT2D eigenvalue weighted by molar-refractivity contribution is 0.265. The number of halogens is 2. The molecule has 0 fully saturated rings. The van der Waals surface area contributed by atoms with Gasteiger partial charge in [-0.3, -0.25) is 0 Å². The minimum absolute atomic E-state index is 0. The number of aliphatic hydroxyl groups excluding tert-OH is 1. The maximum atomic E-state index is 8.80. The van der Waals surface area contributed by atoms with Gasteiger partial charge in [0.25, 0.3) is 0 Å². The van der Waals surface area contributed by atoms with E-state index < -0.39 is 0 Å². The zero-order valence-corrected chi connectivity index (χ0v) is 10.4. The van der Waals surface area contributed by atoms with Gasteiger partial charge in [-0.2, -0.15) is 0 Å². The van der Waals surface area contributed by atoms with E-state index in [2.05, 4.69) is 22.0 Å². The Morgan fingerprint density at radius 3 is 2.64 bits per heavy atom. The van der Waals surface area contributed by atoms with Crippen molar-refractivity contribution < 1.29 is 5.11 Å². The molecule has 0 heterocycles. The smallest absolute Gasteiger partial charge is 0.0585 e. The molecular formula is C10H15BrClNO. The third-order valence-corrected chi connectivity index (χ3v) is 2.66. The normalized spacial score (nSPS) is 12.0. The fraction of sp³-hybridized carbons (Fsp3) is 0.400. The molecule has 0 bridgehead atoms. The molecule has 1 atom stereocenters. The standard InChI is InChI=1S/C10H14BrNO.ClH/c1-7-2-3-8(10(11)4-7)5-9(12)6-13;/h2-4,9,13H,5-6,12H2,1H3;1H. The molecule has 0 saturated carbocycles. The maximum absolute atomic E-state index is 8.80. The summed E-state index contributed by atoms with van der Waals surface area (Å²) in [6.07, 6.45) is 0.706. The summed E-state index contributed by atoms with van der Waals surface area (Å²) in [5.74, 6) is 0. The maximum Gasteiger partial charge on any atom is 0.0585 e. The van der Waals surface area contributed by atoms with Crippen molar-refractivity contribution in [2.75, 3.05) is 6.61 Å². The van der Waals surface area contributed by atoms with Crippen molar-refractivity contribution in [3.63, 3.8) is 0 Å². The van der Waals surface area contributed by atoms with Gasteiger partial charge in [0.2, 0.25) is 0 Å². The van der Waals surface area contributed by atoms with Crippen LogP contribution in [0.15, 0.2) is 22.7 Å². The van der Waals surface area contributed by atoms with E-state index in [0.717, 1.165) is 10.0 Å². The largest absolute Gasteiger partial charge is 0.395 e. The Morgan fingerprint density at radius 2 is 2.14 bits per heavy atom. The summed E-state index contributed by atoms with van der Waals surface area (Å²) in [6, 6.07) is 5.97. The van der Waals surface area contributed by atoms with E-state index in [0.29, 0.717) is 6.42 Å². The number of nitrogens with two attached hydrogens (primary N) is 1. The van der Waals surface area contributed by atoms with E-state index in [1.807, 2.05) is 19.1 Å². The molecule has 0 aliphatic carbocycles. The monoisotopic (exact) mass is 279 g/mol. The average Bonchev–Trinajstić information content (AvgIpc) is 2.09. The number of hydrogen-bond acceptors (Lipinski definition) is 2. The van der Waals surface area contributed by atoms with Crippen LogP contribution in [-0.2, 0) is 6.42 Å². The van der Waals surface area contributed by atoms with Crippen LogP contribution in [-0.4, -0.2) is 17.8 Å². The van der Waals surface area contributed by atoms with Crippen molar-refractivity contribution in [1.82, 2.24) is 0 Å². The van der Waals surface area contributed by atoms with Gasteiger partial charge in [0.05, 0.1) is 6.61 Å². The highest BCUT2D eigenvalue weighted by Gasteiger charge is 2.05. The molecule has 1 rings (SSSR count). The van der Waals surface area contributed by atoms with Gasteiger partial charge in [0, 0.05) is 10.5 Å². The van der Waals surface area contributed by atoms with E-state index in [9.17, 15) is 0 Å². The first kappa shape index (κ1) is 13.9. The second-order valence-corrected chi connectivity index (χ2v) is 4.10. The zero-order valence-electron chi connectivity index (χ0n) is 8.03. The van der Waals surface area contributed by atoms with Gasteiger partial charge in [-0.25, -0.2) is 0 Å². The van der Waals surface area contributed by atoms with E-state index in [1.165, 1.54) is 5.56 Å². The van der Waals surface area contributed by atoms with Crippen molar-refractivity contribution in [3.8, 4) is 0 Å². The van der Waals surface area contributed by atoms with E-state index in [4.69, 9.17) is 10.8 Å². The van der Waals surface area contributed by atoms with Gasteiger partial charge in [-0.15, -0.1) is 12.4 Å². The number of rotatable bonds is 3. The Bertz CT molecular complexity index is 293. The highest BCUT2D eigenvalue weighted by atomic mass is 79.9. The molecular weight excluding hydrogens is 265 g/mol. The lowest BCUT2D eigenvalue weighted by Gasteiger charge is -2.10. The first-order valence-corrected chi connectivity index (χ1v) is 5.04. The lowest BCUT2D eigenvalue weighted by atomic mass is 10.1. The van der Waals surface area contributed by atoms with Gasteiger partial charge in [-0.1, -0.05) is 28.1 Å². The molecule has 0 radical (unpaired) electrons. The topological polar surface area (TPSA) is 46.2 Å². The minimum Gasteiger partial charge on any atom is -0.395 e. The fourth-order valence-electron chi connectivity index (χ4n) is 1.16. The molecule has 0 aliphatic rings. The first-order chi connectivity index (χ1) is 6.13. The SMILES string of the molecule is Cc1ccc(CC(N)CO)c(Br)c1.Cl. The van der Waals surface area contributed by atoms with Crippen molar-refractivity contribution in [2.24, 2.45) is 5.73 Å². The van der Waals surface area contributed by atoms with Crippen LogP contribution in [0.4, 0.5) is 0 Å². The van der Waals surface area contributed by atoms with Crippen molar-refractivity contribution in [3.05, 3.63) is 33.8 Å². The van der Waals surface area contributed by atoms with Crippen LogP contribution in [0.5, 0.6) is 0 Å². The molecule has 80 valence electrons. The van der Waals surface area contributed by atoms with E-state index in [-0.39, 0.29) is 25.1 Å². The summed E-state index contributed by atoms with van der Waals surface area (Å²) in [6.45, 7) is 2.07. The number of aliphatic hydroxyl groups is 1. The fourth-order valence-corrected chi connectivity index (χ4v) is 1.82. The zero-order chi connectivity index (χ0) is 9.84. The summed E-state index contributed by atoms with van der Waals surface area (Å²) < 4.78 is 1.07. The Kier molecular flexibility index (Phi) is 6.36. The third-order valence-electron chi connectivity index (χ3n) is 1.93. The second-order valence-electron chi connectivity index (χ2n) is 3.24. The molecule has 3 N–H and O–H groups in total. The number of benzene rings is 1. The van der Waals surface area contributed by atoms with Crippen LogP contribution >= 0.6 is 28.3 Å². The molecule has 4 heteroatoms. The molecule has 1 aromatic carbocycles. The van der Waals surface area contributed by atoms with E-state index >= 15 is 0 Å². The van der Waals surface area contributed by atoms with E-state index in [1.54, 1.807) is 0 Å². The quantitative estimate of drug-likeness (QED) is 0.890. The molecule has 0 aromatic heterocycles. The number of aryl methyl sites for hydroxylation is 1. The van der Waals surface area contributed by atoms with Crippen LogP contribution in [0.1, 0.15) is 11.1 Å². The van der Waals surface area contributed by atoms with Crippen LogP contribution in [0.25, 0.3) is 0 Å². The minimum atomic E-state index is -0.168. The molecule has 1 aromatic rings. The third kappa shape index (κ3) is 3.96. The van der Waals surface area contributed by atoms with Gasteiger partial charge in [-0.05, 0) is 30.5 Å². The molecule has 0 spiro atoms. The summed E-state index contributed by atoms with van der Waals surface area (Å²) in [5, 5.41) is 8.80. The van der Waals surface area contributed by atoms with Gasteiger partial charge in [0.1, 0.15) is 0 Å². The van der Waals surface area contributed by atoms with Crippen LogP contribution in [0, 0.1) is 6.92 Å². The van der Waals surface area contributed by atoms with Gasteiger partial charge in [0.15, 0.2) is 0 Å². The number of hydrogen-bond donors (Lipinski definition) is 2. The van der Waals surface area contributed by atoms with Crippen molar-refractivity contribution >= 4 is 28.3 Å². The van der Waals surface area contributed by atoms with Crippen molar-refractivity contribution in [1.29, 1.82) is 0 Å². The molecule has 0 aliphatic heterocycles. The van der Waals surface area contributed by atoms with Crippen LogP contribution < -0.4 is 5.73 Å². The molecule has 2 nitrogen and oxygen atoms in total. The molecule has 14 heavy (non-hydrogen) atoms.